The summed E-state index contributed by atoms with van der Waals surface area (Å²) in [5.74, 6) is 1.02. The second kappa shape index (κ2) is 4.65. The third kappa shape index (κ3) is 2.18. The SMILES string of the molecule is COC1=C(c2ccccc2)C=CC=CC1. The van der Waals surface area contributed by atoms with Crippen LogP contribution in [-0.4, -0.2) is 7.11 Å². The van der Waals surface area contributed by atoms with Crippen LogP contribution in [0.3, 0.4) is 0 Å². The van der Waals surface area contributed by atoms with Gasteiger partial charge in [-0.1, -0.05) is 54.6 Å². The fourth-order valence-electron chi connectivity index (χ4n) is 1.68. The lowest BCUT2D eigenvalue weighted by Crippen LogP contribution is -1.91. The summed E-state index contributed by atoms with van der Waals surface area (Å²) < 4.78 is 5.42. The predicted octanol–water partition coefficient (Wildman–Crippen LogP) is 3.56. The van der Waals surface area contributed by atoms with Crippen molar-refractivity contribution in [3.05, 3.63) is 66.0 Å². The third-order valence-corrected chi connectivity index (χ3v) is 2.44. The molecule has 0 heterocycles. The van der Waals surface area contributed by atoms with Crippen LogP contribution in [-0.2, 0) is 4.74 Å². The molecule has 0 saturated heterocycles. The summed E-state index contributed by atoms with van der Waals surface area (Å²) in [4.78, 5) is 0. The molecule has 0 amide bonds. The highest BCUT2D eigenvalue weighted by Crippen LogP contribution is 2.24. The van der Waals surface area contributed by atoms with Gasteiger partial charge in [-0.15, -0.1) is 0 Å². The Bertz CT molecular complexity index is 410. The van der Waals surface area contributed by atoms with E-state index >= 15 is 0 Å². The Labute approximate surface area is 90.4 Å². The van der Waals surface area contributed by atoms with E-state index in [0.29, 0.717) is 0 Å². The summed E-state index contributed by atoms with van der Waals surface area (Å²) in [6.45, 7) is 0. The van der Waals surface area contributed by atoms with E-state index in [1.165, 1.54) is 11.1 Å². The topological polar surface area (TPSA) is 9.23 Å². The minimum atomic E-state index is 0.855. The van der Waals surface area contributed by atoms with Gasteiger partial charge in [0.05, 0.1) is 7.11 Å². The highest BCUT2D eigenvalue weighted by molar-refractivity contribution is 5.76. The van der Waals surface area contributed by atoms with E-state index in [4.69, 9.17) is 4.74 Å². The van der Waals surface area contributed by atoms with Gasteiger partial charge in [0.2, 0.25) is 0 Å². The molecule has 1 aromatic carbocycles. The highest BCUT2D eigenvalue weighted by atomic mass is 16.5. The maximum Gasteiger partial charge on any atom is 0.107 e. The molecule has 1 heteroatoms. The van der Waals surface area contributed by atoms with Crippen molar-refractivity contribution in [2.45, 2.75) is 6.42 Å². The number of methoxy groups -OCH3 is 1. The number of allylic oxidation sites excluding steroid dienone is 5. The number of hydrogen-bond acceptors (Lipinski definition) is 1. The van der Waals surface area contributed by atoms with Gasteiger partial charge in [-0.2, -0.15) is 0 Å². The van der Waals surface area contributed by atoms with Gasteiger partial charge < -0.3 is 4.74 Å². The van der Waals surface area contributed by atoms with Crippen LogP contribution in [0.4, 0.5) is 0 Å². The van der Waals surface area contributed by atoms with Crippen molar-refractivity contribution < 1.29 is 4.74 Å². The molecule has 0 saturated carbocycles. The molecule has 0 aromatic heterocycles. The fraction of sp³-hybridized carbons (Fsp3) is 0.143. The second-order valence-electron chi connectivity index (χ2n) is 3.40. The molecule has 1 aliphatic carbocycles. The Morgan fingerprint density at radius 2 is 1.87 bits per heavy atom. The molecule has 0 fully saturated rings. The lowest BCUT2D eigenvalue weighted by Gasteiger charge is -2.09. The molecule has 1 aromatic rings. The quantitative estimate of drug-likeness (QED) is 0.706. The first-order valence-electron chi connectivity index (χ1n) is 5.07. The van der Waals surface area contributed by atoms with Crippen LogP contribution in [0.1, 0.15) is 12.0 Å². The second-order valence-corrected chi connectivity index (χ2v) is 3.40. The molecule has 0 atom stereocenters. The first-order chi connectivity index (χ1) is 7.42. The number of hydrogen-bond donors (Lipinski definition) is 0. The molecular formula is C14H14O. The van der Waals surface area contributed by atoms with Crippen molar-refractivity contribution in [3.8, 4) is 0 Å². The van der Waals surface area contributed by atoms with E-state index in [2.05, 4.69) is 30.4 Å². The van der Waals surface area contributed by atoms with E-state index in [1.54, 1.807) is 7.11 Å². The average Bonchev–Trinajstić information content (AvgIpc) is 2.55. The van der Waals surface area contributed by atoms with E-state index in [0.717, 1.165) is 12.2 Å². The standard InChI is InChI=1S/C14H14O/c1-15-14-11-7-3-6-10-13(14)12-8-4-2-5-9-12/h2-10H,11H2,1H3. The minimum Gasteiger partial charge on any atom is -0.500 e. The zero-order valence-electron chi connectivity index (χ0n) is 8.81. The molecule has 76 valence electrons. The highest BCUT2D eigenvalue weighted by Gasteiger charge is 2.06. The molecule has 1 nitrogen and oxygen atoms in total. The van der Waals surface area contributed by atoms with E-state index in [-0.39, 0.29) is 0 Å². The third-order valence-electron chi connectivity index (χ3n) is 2.44. The minimum absolute atomic E-state index is 0.855. The van der Waals surface area contributed by atoms with Crippen molar-refractivity contribution >= 4 is 5.57 Å². The molecule has 2 rings (SSSR count). The summed E-state index contributed by atoms with van der Waals surface area (Å²) in [6, 6.07) is 10.3. The Balaban J connectivity index is 2.45. The van der Waals surface area contributed by atoms with Gasteiger partial charge in [0.15, 0.2) is 0 Å². The molecule has 0 N–H and O–H groups in total. The smallest absolute Gasteiger partial charge is 0.107 e. The van der Waals surface area contributed by atoms with Crippen LogP contribution in [0.15, 0.2) is 60.4 Å². The monoisotopic (exact) mass is 198 g/mol. The Hall–Kier alpha value is -1.76. The summed E-state index contributed by atoms with van der Waals surface area (Å²) in [7, 11) is 1.73. The van der Waals surface area contributed by atoms with Crippen LogP contribution in [0.5, 0.6) is 0 Å². The van der Waals surface area contributed by atoms with Crippen molar-refractivity contribution in [2.75, 3.05) is 7.11 Å². The maximum absolute atomic E-state index is 5.42. The van der Waals surface area contributed by atoms with Crippen molar-refractivity contribution in [1.82, 2.24) is 0 Å². The molecule has 0 radical (unpaired) electrons. The molecule has 0 spiro atoms. The summed E-state index contributed by atoms with van der Waals surface area (Å²) in [5, 5.41) is 0. The van der Waals surface area contributed by atoms with Gasteiger partial charge in [0.25, 0.3) is 0 Å². The molecule has 0 unspecified atom stereocenters. The summed E-state index contributed by atoms with van der Waals surface area (Å²) in [6.07, 6.45) is 9.15. The fourth-order valence-corrected chi connectivity index (χ4v) is 1.68. The first-order valence-corrected chi connectivity index (χ1v) is 5.07. The Morgan fingerprint density at radius 1 is 1.07 bits per heavy atom. The lowest BCUT2D eigenvalue weighted by molar-refractivity contribution is 0.287. The van der Waals surface area contributed by atoms with Crippen LogP contribution < -0.4 is 0 Å². The average molecular weight is 198 g/mol. The Morgan fingerprint density at radius 3 is 2.60 bits per heavy atom. The molecule has 0 bridgehead atoms. The van der Waals surface area contributed by atoms with E-state index in [9.17, 15) is 0 Å². The zero-order valence-corrected chi connectivity index (χ0v) is 8.81. The van der Waals surface area contributed by atoms with E-state index < -0.39 is 0 Å². The van der Waals surface area contributed by atoms with Gasteiger partial charge in [-0.3, -0.25) is 0 Å². The van der Waals surface area contributed by atoms with Crippen LogP contribution in [0, 0.1) is 0 Å². The van der Waals surface area contributed by atoms with Crippen molar-refractivity contribution in [3.63, 3.8) is 0 Å². The number of ether oxygens (including phenoxy) is 1. The van der Waals surface area contributed by atoms with Crippen molar-refractivity contribution in [1.29, 1.82) is 0 Å². The normalized spacial score (nSPS) is 15.3. The van der Waals surface area contributed by atoms with Gasteiger partial charge >= 0.3 is 0 Å². The predicted molar refractivity (Wildman–Crippen MR) is 63.3 cm³/mol. The molecular weight excluding hydrogens is 184 g/mol. The van der Waals surface area contributed by atoms with E-state index in [1.807, 2.05) is 24.3 Å². The summed E-state index contributed by atoms with van der Waals surface area (Å²) in [5.41, 5.74) is 2.37. The van der Waals surface area contributed by atoms with Gasteiger partial charge in [-0.25, -0.2) is 0 Å². The number of benzene rings is 1. The van der Waals surface area contributed by atoms with Crippen molar-refractivity contribution in [2.24, 2.45) is 0 Å². The maximum atomic E-state index is 5.42. The summed E-state index contributed by atoms with van der Waals surface area (Å²) >= 11 is 0. The number of rotatable bonds is 2. The van der Waals surface area contributed by atoms with Gasteiger partial charge in [0.1, 0.15) is 5.76 Å². The van der Waals surface area contributed by atoms with Gasteiger partial charge in [0, 0.05) is 12.0 Å². The van der Waals surface area contributed by atoms with Crippen LogP contribution in [0.25, 0.3) is 5.57 Å². The molecule has 1 aliphatic rings. The van der Waals surface area contributed by atoms with Crippen LogP contribution in [0.2, 0.25) is 0 Å². The zero-order chi connectivity index (χ0) is 10.5. The van der Waals surface area contributed by atoms with Crippen LogP contribution >= 0.6 is 0 Å². The molecule has 0 aliphatic heterocycles. The first kappa shape index (κ1) is 9.78. The largest absolute Gasteiger partial charge is 0.500 e. The Kier molecular flexibility index (Phi) is 3.03. The lowest BCUT2D eigenvalue weighted by atomic mass is 10.0. The van der Waals surface area contributed by atoms with Gasteiger partial charge in [-0.05, 0) is 5.56 Å². The molecule has 15 heavy (non-hydrogen) atoms.